The van der Waals surface area contributed by atoms with Crippen LogP contribution < -0.4 is 5.73 Å². The molecule has 0 unspecified atom stereocenters. The van der Waals surface area contributed by atoms with Gasteiger partial charge in [0.2, 0.25) is 5.91 Å². The zero-order valence-corrected chi connectivity index (χ0v) is 11.1. The van der Waals surface area contributed by atoms with Crippen molar-refractivity contribution in [3.05, 3.63) is 41.0 Å². The molecule has 1 fully saturated rings. The van der Waals surface area contributed by atoms with Gasteiger partial charge in [-0.15, -0.1) is 0 Å². The highest BCUT2D eigenvalue weighted by Crippen LogP contribution is 2.23. The number of halogens is 1. The largest absolute Gasteiger partial charge is 0.337 e. The third-order valence-electron chi connectivity index (χ3n) is 3.47. The Labute approximate surface area is 116 Å². The number of benzene rings is 1. The quantitative estimate of drug-likeness (QED) is 0.911. The molecular formula is C14H14ClN3O. The first-order valence-electron chi connectivity index (χ1n) is 6.22. The fraction of sp³-hybridized carbons (Fsp3) is 0.286. The summed E-state index contributed by atoms with van der Waals surface area (Å²) in [6.45, 7) is 1.30. The fourth-order valence-electron chi connectivity index (χ4n) is 2.40. The van der Waals surface area contributed by atoms with Crippen LogP contribution in [-0.4, -0.2) is 28.4 Å². The number of carbonyl (C=O) groups is 1. The molecule has 1 aromatic heterocycles. The Hall–Kier alpha value is -1.65. The van der Waals surface area contributed by atoms with Crippen LogP contribution in [0.5, 0.6) is 0 Å². The minimum absolute atomic E-state index is 0.0254. The summed E-state index contributed by atoms with van der Waals surface area (Å²) in [4.78, 5) is 17.8. The first-order valence-corrected chi connectivity index (χ1v) is 6.60. The van der Waals surface area contributed by atoms with E-state index in [-0.39, 0.29) is 11.9 Å². The summed E-state index contributed by atoms with van der Waals surface area (Å²) in [5, 5.41) is 1.59. The Balaban J connectivity index is 1.90. The molecule has 1 atom stereocenters. The number of likely N-dealkylation sites (tertiary alicyclic amines) is 1. The predicted octanol–water partition coefficient (Wildman–Crippen LogP) is 1.95. The zero-order chi connectivity index (χ0) is 13.4. The first-order chi connectivity index (χ1) is 9.15. The van der Waals surface area contributed by atoms with Crippen molar-refractivity contribution < 1.29 is 4.79 Å². The topological polar surface area (TPSA) is 59.2 Å². The van der Waals surface area contributed by atoms with Crippen molar-refractivity contribution in [1.82, 2.24) is 9.88 Å². The molecule has 4 nitrogen and oxygen atoms in total. The Morgan fingerprint density at radius 2 is 2.26 bits per heavy atom. The van der Waals surface area contributed by atoms with Gasteiger partial charge >= 0.3 is 0 Å². The van der Waals surface area contributed by atoms with Crippen molar-refractivity contribution in [1.29, 1.82) is 0 Å². The number of carbonyl (C=O) groups excluding carboxylic acids is 1. The Morgan fingerprint density at radius 1 is 1.42 bits per heavy atom. The van der Waals surface area contributed by atoms with Crippen LogP contribution in [0.4, 0.5) is 0 Å². The molecule has 2 aromatic rings. The molecular weight excluding hydrogens is 262 g/mol. The highest BCUT2D eigenvalue weighted by molar-refractivity contribution is 6.35. The molecule has 0 aliphatic carbocycles. The normalized spacial score (nSPS) is 19.4. The standard InChI is InChI=1S/C14H14ClN3O/c15-11-3-5-17-13-2-1-9(7-10(11)13)8-18-6-4-12(16)14(18)19/h1-3,5,7,12H,4,6,8,16H2/t12-/m0/s1. The summed E-state index contributed by atoms with van der Waals surface area (Å²) in [7, 11) is 0. The number of nitrogens with zero attached hydrogens (tertiary/aromatic N) is 2. The number of hydrogen-bond donors (Lipinski definition) is 1. The van der Waals surface area contributed by atoms with Gasteiger partial charge in [0.15, 0.2) is 0 Å². The third-order valence-corrected chi connectivity index (χ3v) is 3.79. The van der Waals surface area contributed by atoms with Gasteiger partial charge in [0, 0.05) is 24.7 Å². The van der Waals surface area contributed by atoms with Crippen molar-refractivity contribution in [2.75, 3.05) is 6.54 Å². The van der Waals surface area contributed by atoms with Crippen LogP contribution in [0.1, 0.15) is 12.0 Å². The fourth-order valence-corrected chi connectivity index (χ4v) is 2.61. The van der Waals surface area contributed by atoms with Crippen LogP contribution in [0, 0.1) is 0 Å². The van der Waals surface area contributed by atoms with Gasteiger partial charge in [0.05, 0.1) is 16.6 Å². The molecule has 2 N–H and O–H groups in total. The van der Waals surface area contributed by atoms with Gasteiger partial charge in [-0.1, -0.05) is 17.7 Å². The van der Waals surface area contributed by atoms with Crippen LogP contribution in [0.2, 0.25) is 5.02 Å². The van der Waals surface area contributed by atoms with Crippen molar-refractivity contribution in [3.63, 3.8) is 0 Å². The lowest BCUT2D eigenvalue weighted by Crippen LogP contribution is -2.33. The smallest absolute Gasteiger partial charge is 0.239 e. The number of nitrogens with two attached hydrogens (primary N) is 1. The third kappa shape index (κ3) is 2.29. The molecule has 3 rings (SSSR count). The summed E-state index contributed by atoms with van der Waals surface area (Å²) in [5.74, 6) is 0.0254. The average Bonchev–Trinajstić information content (AvgIpc) is 2.72. The van der Waals surface area contributed by atoms with Gasteiger partial charge in [-0.05, 0) is 30.2 Å². The summed E-state index contributed by atoms with van der Waals surface area (Å²) >= 11 is 6.16. The number of fused-ring (bicyclic) bond motifs is 1. The molecule has 0 radical (unpaired) electrons. The Kier molecular flexibility index (Phi) is 3.12. The molecule has 1 amide bonds. The molecule has 5 heteroatoms. The first kappa shape index (κ1) is 12.4. The van der Waals surface area contributed by atoms with Crippen molar-refractivity contribution in [2.24, 2.45) is 5.73 Å². The van der Waals surface area contributed by atoms with E-state index >= 15 is 0 Å². The summed E-state index contributed by atoms with van der Waals surface area (Å²) in [5.41, 5.74) is 7.62. The van der Waals surface area contributed by atoms with Gasteiger partial charge in [0.1, 0.15) is 0 Å². The van der Waals surface area contributed by atoms with E-state index in [2.05, 4.69) is 4.98 Å². The maximum absolute atomic E-state index is 11.8. The Morgan fingerprint density at radius 3 is 3.00 bits per heavy atom. The lowest BCUT2D eigenvalue weighted by molar-refractivity contribution is -0.129. The molecule has 0 spiro atoms. The molecule has 19 heavy (non-hydrogen) atoms. The van der Waals surface area contributed by atoms with E-state index in [1.165, 1.54) is 0 Å². The Bertz CT molecular complexity index is 644. The minimum atomic E-state index is -0.342. The molecule has 1 saturated heterocycles. The minimum Gasteiger partial charge on any atom is -0.337 e. The van der Waals surface area contributed by atoms with Crippen LogP contribution in [0.25, 0.3) is 10.9 Å². The lowest BCUT2D eigenvalue weighted by Gasteiger charge is -2.16. The van der Waals surface area contributed by atoms with Gasteiger partial charge in [-0.3, -0.25) is 9.78 Å². The van der Waals surface area contributed by atoms with Gasteiger partial charge in [-0.25, -0.2) is 0 Å². The van der Waals surface area contributed by atoms with E-state index in [0.717, 1.165) is 29.4 Å². The van der Waals surface area contributed by atoms with E-state index in [1.807, 2.05) is 18.2 Å². The van der Waals surface area contributed by atoms with Crippen molar-refractivity contribution >= 4 is 28.4 Å². The summed E-state index contributed by atoms with van der Waals surface area (Å²) < 4.78 is 0. The molecule has 1 aliphatic rings. The van der Waals surface area contributed by atoms with E-state index in [4.69, 9.17) is 17.3 Å². The zero-order valence-electron chi connectivity index (χ0n) is 10.3. The number of amides is 1. The number of aromatic nitrogens is 1. The highest BCUT2D eigenvalue weighted by atomic mass is 35.5. The van der Waals surface area contributed by atoms with Gasteiger partial charge < -0.3 is 10.6 Å². The number of hydrogen-bond acceptors (Lipinski definition) is 3. The molecule has 1 aliphatic heterocycles. The maximum atomic E-state index is 11.8. The van der Waals surface area contributed by atoms with E-state index in [1.54, 1.807) is 17.2 Å². The van der Waals surface area contributed by atoms with E-state index in [9.17, 15) is 4.79 Å². The lowest BCUT2D eigenvalue weighted by atomic mass is 10.1. The summed E-state index contributed by atoms with van der Waals surface area (Å²) in [6, 6.07) is 7.32. The van der Waals surface area contributed by atoms with Gasteiger partial charge in [-0.2, -0.15) is 0 Å². The second kappa shape index (κ2) is 4.79. The molecule has 1 aromatic carbocycles. The molecule has 0 bridgehead atoms. The molecule has 0 saturated carbocycles. The van der Waals surface area contributed by atoms with Crippen LogP contribution >= 0.6 is 11.6 Å². The SMILES string of the molecule is N[C@H]1CCN(Cc2ccc3nccc(Cl)c3c2)C1=O. The van der Waals surface area contributed by atoms with E-state index in [0.29, 0.717) is 11.6 Å². The maximum Gasteiger partial charge on any atom is 0.239 e. The monoisotopic (exact) mass is 275 g/mol. The van der Waals surface area contributed by atoms with E-state index < -0.39 is 0 Å². The van der Waals surface area contributed by atoms with Crippen LogP contribution in [0.15, 0.2) is 30.5 Å². The number of rotatable bonds is 2. The highest BCUT2D eigenvalue weighted by Gasteiger charge is 2.28. The average molecular weight is 276 g/mol. The second-order valence-corrected chi connectivity index (χ2v) is 5.21. The van der Waals surface area contributed by atoms with Crippen molar-refractivity contribution in [2.45, 2.75) is 19.0 Å². The summed E-state index contributed by atoms with van der Waals surface area (Å²) in [6.07, 6.45) is 2.42. The second-order valence-electron chi connectivity index (χ2n) is 4.80. The van der Waals surface area contributed by atoms with Crippen LogP contribution in [-0.2, 0) is 11.3 Å². The molecule has 98 valence electrons. The van der Waals surface area contributed by atoms with Crippen molar-refractivity contribution in [3.8, 4) is 0 Å². The molecule has 2 heterocycles. The number of pyridine rings is 1. The van der Waals surface area contributed by atoms with Crippen LogP contribution in [0.3, 0.4) is 0 Å². The predicted molar refractivity (Wildman–Crippen MR) is 74.8 cm³/mol. The van der Waals surface area contributed by atoms with Gasteiger partial charge in [0.25, 0.3) is 0 Å².